The number of rotatable bonds is 1. The minimum atomic E-state index is -0.0382. The van der Waals surface area contributed by atoms with E-state index in [2.05, 4.69) is 4.98 Å². The fourth-order valence-corrected chi connectivity index (χ4v) is 2.17. The van der Waals surface area contributed by atoms with Crippen LogP contribution in [0.25, 0.3) is 0 Å². The van der Waals surface area contributed by atoms with Gasteiger partial charge in [-0.3, -0.25) is 4.79 Å². The maximum absolute atomic E-state index is 11.3. The maximum Gasteiger partial charge on any atom is 0.150 e. The van der Waals surface area contributed by atoms with Crippen LogP contribution in [-0.4, -0.2) is 15.3 Å². The largest absolute Gasteiger partial charge is 0.333 e. The highest BCUT2D eigenvalue weighted by Crippen LogP contribution is 2.32. The molecule has 13 heavy (non-hydrogen) atoms. The molecule has 0 bridgehead atoms. The standard InChI is InChI=1S/C9H11ClN2O/c1-6(13)7-3-2-4-12-5-11-9(10)8(7)12/h5,7H,2-4H2,1H3. The zero-order chi connectivity index (χ0) is 9.42. The average molecular weight is 199 g/mol. The lowest BCUT2D eigenvalue weighted by Crippen LogP contribution is -2.19. The van der Waals surface area contributed by atoms with E-state index in [0.717, 1.165) is 25.1 Å². The van der Waals surface area contributed by atoms with Crippen LogP contribution in [0.5, 0.6) is 0 Å². The Labute approximate surface area is 81.7 Å². The summed E-state index contributed by atoms with van der Waals surface area (Å²) in [6, 6.07) is 0. The van der Waals surface area contributed by atoms with Gasteiger partial charge in [0.2, 0.25) is 0 Å². The van der Waals surface area contributed by atoms with Crippen LogP contribution < -0.4 is 0 Å². The molecule has 2 rings (SSSR count). The Hall–Kier alpha value is -0.830. The summed E-state index contributed by atoms with van der Waals surface area (Å²) in [7, 11) is 0. The van der Waals surface area contributed by atoms with Gasteiger partial charge in [0.05, 0.1) is 17.9 Å². The molecule has 1 aliphatic rings. The summed E-state index contributed by atoms with van der Waals surface area (Å²) in [5.41, 5.74) is 0.903. The van der Waals surface area contributed by atoms with Crippen LogP contribution in [0, 0.1) is 0 Å². The molecule has 2 heterocycles. The van der Waals surface area contributed by atoms with Gasteiger partial charge in [-0.05, 0) is 19.8 Å². The monoisotopic (exact) mass is 198 g/mol. The zero-order valence-electron chi connectivity index (χ0n) is 7.46. The Balaban J connectivity index is 2.46. The van der Waals surface area contributed by atoms with E-state index < -0.39 is 0 Å². The molecule has 0 spiro atoms. The molecule has 0 radical (unpaired) electrons. The third-order valence-corrected chi connectivity index (χ3v) is 2.84. The van der Waals surface area contributed by atoms with Gasteiger partial charge in [0.1, 0.15) is 5.78 Å². The molecular formula is C9H11ClN2O. The van der Waals surface area contributed by atoms with Crippen molar-refractivity contribution in [3.8, 4) is 0 Å². The average Bonchev–Trinajstić information content (AvgIpc) is 2.48. The molecule has 0 fully saturated rings. The quantitative estimate of drug-likeness (QED) is 0.692. The lowest BCUT2D eigenvalue weighted by atomic mass is 9.93. The van der Waals surface area contributed by atoms with E-state index in [4.69, 9.17) is 11.6 Å². The Bertz CT molecular complexity index is 345. The van der Waals surface area contributed by atoms with Crippen molar-refractivity contribution < 1.29 is 4.79 Å². The number of aromatic nitrogens is 2. The Morgan fingerprint density at radius 3 is 3.23 bits per heavy atom. The summed E-state index contributed by atoms with van der Waals surface area (Å²) in [6.07, 6.45) is 3.65. The molecule has 0 N–H and O–H groups in total. The lowest BCUT2D eigenvalue weighted by molar-refractivity contribution is -0.118. The number of aryl methyl sites for hydroxylation is 1. The highest BCUT2D eigenvalue weighted by atomic mass is 35.5. The molecule has 0 saturated carbocycles. The third-order valence-electron chi connectivity index (χ3n) is 2.54. The second-order valence-electron chi connectivity index (χ2n) is 3.42. The van der Waals surface area contributed by atoms with Crippen LogP contribution in [0.3, 0.4) is 0 Å². The van der Waals surface area contributed by atoms with Crippen molar-refractivity contribution in [2.45, 2.75) is 32.2 Å². The summed E-state index contributed by atoms with van der Waals surface area (Å²) in [4.78, 5) is 15.3. The number of nitrogens with zero attached hydrogens (tertiary/aromatic N) is 2. The van der Waals surface area contributed by atoms with Crippen molar-refractivity contribution >= 4 is 17.4 Å². The van der Waals surface area contributed by atoms with Gasteiger partial charge < -0.3 is 4.57 Å². The normalized spacial score (nSPS) is 21.2. The predicted octanol–water partition coefficient (Wildman–Crippen LogP) is 2.00. The zero-order valence-corrected chi connectivity index (χ0v) is 8.21. The number of fused-ring (bicyclic) bond motifs is 1. The molecule has 1 aromatic rings. The molecule has 1 unspecified atom stereocenters. The van der Waals surface area contributed by atoms with E-state index in [1.54, 1.807) is 13.3 Å². The maximum atomic E-state index is 11.3. The van der Waals surface area contributed by atoms with Gasteiger partial charge >= 0.3 is 0 Å². The van der Waals surface area contributed by atoms with E-state index in [9.17, 15) is 4.79 Å². The molecule has 0 aliphatic carbocycles. The molecule has 1 aliphatic heterocycles. The van der Waals surface area contributed by atoms with Crippen LogP contribution in [0.4, 0.5) is 0 Å². The number of imidazole rings is 1. The summed E-state index contributed by atoms with van der Waals surface area (Å²) >= 11 is 5.91. The van der Waals surface area contributed by atoms with Gasteiger partial charge in [-0.25, -0.2) is 4.98 Å². The van der Waals surface area contributed by atoms with Gasteiger partial charge in [-0.15, -0.1) is 0 Å². The molecule has 0 saturated heterocycles. The van der Waals surface area contributed by atoms with Crippen LogP contribution in [0.15, 0.2) is 6.33 Å². The number of carbonyl (C=O) groups excluding carboxylic acids is 1. The number of hydrogen-bond acceptors (Lipinski definition) is 2. The SMILES string of the molecule is CC(=O)C1CCCn2cnc(Cl)c21. The Morgan fingerprint density at radius 1 is 1.77 bits per heavy atom. The van der Waals surface area contributed by atoms with E-state index in [1.807, 2.05) is 4.57 Å². The van der Waals surface area contributed by atoms with Crippen LogP contribution in [0.1, 0.15) is 31.4 Å². The number of hydrogen-bond donors (Lipinski definition) is 0. The Morgan fingerprint density at radius 2 is 2.54 bits per heavy atom. The summed E-state index contributed by atoms with van der Waals surface area (Å²) in [6.45, 7) is 2.54. The van der Waals surface area contributed by atoms with Crippen molar-refractivity contribution in [2.24, 2.45) is 0 Å². The second-order valence-corrected chi connectivity index (χ2v) is 3.78. The predicted molar refractivity (Wildman–Crippen MR) is 49.9 cm³/mol. The van der Waals surface area contributed by atoms with Crippen LogP contribution in [-0.2, 0) is 11.3 Å². The number of carbonyl (C=O) groups is 1. The van der Waals surface area contributed by atoms with E-state index in [-0.39, 0.29) is 11.7 Å². The number of ketones is 1. The van der Waals surface area contributed by atoms with E-state index >= 15 is 0 Å². The lowest BCUT2D eigenvalue weighted by Gasteiger charge is -2.21. The van der Waals surface area contributed by atoms with Gasteiger partial charge in [0.15, 0.2) is 5.15 Å². The highest BCUT2D eigenvalue weighted by Gasteiger charge is 2.27. The van der Waals surface area contributed by atoms with Crippen molar-refractivity contribution in [1.82, 2.24) is 9.55 Å². The van der Waals surface area contributed by atoms with Crippen molar-refractivity contribution in [3.05, 3.63) is 17.2 Å². The first-order valence-corrected chi connectivity index (χ1v) is 4.79. The van der Waals surface area contributed by atoms with Gasteiger partial charge in [0, 0.05) is 6.54 Å². The van der Waals surface area contributed by atoms with Crippen molar-refractivity contribution in [2.75, 3.05) is 0 Å². The second kappa shape index (κ2) is 3.14. The van der Waals surface area contributed by atoms with Gasteiger partial charge in [-0.1, -0.05) is 11.6 Å². The first kappa shape index (κ1) is 8.75. The topological polar surface area (TPSA) is 34.9 Å². The molecule has 1 atom stereocenters. The number of halogens is 1. The van der Waals surface area contributed by atoms with Crippen LogP contribution >= 0.6 is 11.6 Å². The molecule has 3 nitrogen and oxygen atoms in total. The Kier molecular flexibility index (Phi) is 2.12. The molecule has 1 aromatic heterocycles. The molecule has 0 aromatic carbocycles. The summed E-state index contributed by atoms with van der Waals surface area (Å²) in [5, 5.41) is 0.486. The smallest absolute Gasteiger partial charge is 0.150 e. The summed E-state index contributed by atoms with van der Waals surface area (Å²) in [5.74, 6) is 0.145. The molecule has 0 amide bonds. The molecular weight excluding hydrogens is 188 g/mol. The van der Waals surface area contributed by atoms with Crippen LogP contribution in [0.2, 0.25) is 5.15 Å². The van der Waals surface area contributed by atoms with Gasteiger partial charge in [0.25, 0.3) is 0 Å². The van der Waals surface area contributed by atoms with E-state index in [0.29, 0.717) is 5.15 Å². The van der Waals surface area contributed by atoms with Crippen molar-refractivity contribution in [1.29, 1.82) is 0 Å². The summed E-state index contributed by atoms with van der Waals surface area (Å²) < 4.78 is 1.98. The minimum absolute atomic E-state index is 0.0382. The number of Topliss-reactive ketones (excluding diaryl/α,β-unsaturated/α-hetero) is 1. The van der Waals surface area contributed by atoms with Gasteiger partial charge in [-0.2, -0.15) is 0 Å². The molecule has 4 heteroatoms. The minimum Gasteiger partial charge on any atom is -0.333 e. The fourth-order valence-electron chi connectivity index (χ4n) is 1.89. The first-order valence-electron chi connectivity index (χ1n) is 4.41. The molecule has 70 valence electrons. The fraction of sp³-hybridized carbons (Fsp3) is 0.556. The highest BCUT2D eigenvalue weighted by molar-refractivity contribution is 6.30. The van der Waals surface area contributed by atoms with E-state index in [1.165, 1.54) is 0 Å². The first-order chi connectivity index (χ1) is 6.20. The van der Waals surface area contributed by atoms with Crippen molar-refractivity contribution in [3.63, 3.8) is 0 Å². The third kappa shape index (κ3) is 1.37.